The molecule has 1 N–H and O–H groups in total. The van der Waals surface area contributed by atoms with Crippen LogP contribution in [-0.4, -0.2) is 27.7 Å². The first kappa shape index (κ1) is 11.7. The van der Waals surface area contributed by atoms with Crippen LogP contribution in [-0.2, 0) is 0 Å². The minimum atomic E-state index is -1.10. The van der Waals surface area contributed by atoms with E-state index >= 15 is 0 Å². The molecule has 0 amide bonds. The van der Waals surface area contributed by atoms with E-state index in [1.54, 1.807) is 18.2 Å². The third-order valence-corrected chi connectivity index (χ3v) is 2.43. The van der Waals surface area contributed by atoms with Crippen LogP contribution >= 0.6 is 0 Å². The van der Waals surface area contributed by atoms with Crippen molar-refractivity contribution in [1.29, 1.82) is 5.26 Å². The van der Waals surface area contributed by atoms with E-state index in [0.717, 1.165) is 0 Å². The van der Waals surface area contributed by atoms with Crippen molar-refractivity contribution in [2.24, 2.45) is 0 Å². The summed E-state index contributed by atoms with van der Waals surface area (Å²) >= 11 is 0. The van der Waals surface area contributed by atoms with E-state index in [4.69, 9.17) is 15.1 Å². The fourth-order valence-electron chi connectivity index (χ4n) is 1.59. The van der Waals surface area contributed by atoms with Crippen LogP contribution in [0.25, 0.3) is 5.69 Å². The van der Waals surface area contributed by atoms with Gasteiger partial charge in [-0.2, -0.15) is 5.26 Å². The third-order valence-electron chi connectivity index (χ3n) is 2.43. The number of imidazole rings is 1. The summed E-state index contributed by atoms with van der Waals surface area (Å²) < 4.78 is 6.52. The highest BCUT2D eigenvalue weighted by molar-refractivity contribution is 5.86. The van der Waals surface area contributed by atoms with Gasteiger partial charge in [-0.05, 0) is 18.2 Å². The molecule has 0 radical (unpaired) electrons. The van der Waals surface area contributed by atoms with Crippen LogP contribution in [0, 0.1) is 11.3 Å². The zero-order valence-electron chi connectivity index (χ0n) is 9.49. The summed E-state index contributed by atoms with van der Waals surface area (Å²) in [5.41, 5.74) is 0.880. The molecule has 6 heteroatoms. The first-order chi connectivity index (χ1) is 8.67. The molecule has 0 aliphatic carbocycles. The molecule has 1 heterocycles. The van der Waals surface area contributed by atoms with Gasteiger partial charge in [0.15, 0.2) is 5.69 Å². The highest BCUT2D eigenvalue weighted by atomic mass is 16.5. The molecular formula is C12H9N3O3. The van der Waals surface area contributed by atoms with E-state index in [0.29, 0.717) is 17.0 Å². The van der Waals surface area contributed by atoms with Gasteiger partial charge in [-0.15, -0.1) is 0 Å². The monoisotopic (exact) mass is 243 g/mol. The molecule has 90 valence electrons. The molecule has 0 unspecified atom stereocenters. The second kappa shape index (κ2) is 4.59. The molecule has 0 fully saturated rings. The minimum absolute atomic E-state index is 0.00314. The van der Waals surface area contributed by atoms with E-state index in [9.17, 15) is 4.79 Å². The number of aromatic nitrogens is 2. The Labute approximate surface area is 103 Å². The molecule has 1 aromatic carbocycles. The lowest BCUT2D eigenvalue weighted by Gasteiger charge is -2.10. The molecule has 18 heavy (non-hydrogen) atoms. The van der Waals surface area contributed by atoms with Crippen molar-refractivity contribution < 1.29 is 14.6 Å². The van der Waals surface area contributed by atoms with Crippen LogP contribution in [0.15, 0.2) is 30.7 Å². The lowest BCUT2D eigenvalue weighted by Crippen LogP contribution is -2.07. The number of nitrogens with zero attached hydrogens (tertiary/aromatic N) is 3. The fourth-order valence-corrected chi connectivity index (χ4v) is 1.59. The van der Waals surface area contributed by atoms with Crippen molar-refractivity contribution in [3.05, 3.63) is 42.0 Å². The van der Waals surface area contributed by atoms with Gasteiger partial charge in [-0.3, -0.25) is 4.57 Å². The number of benzene rings is 1. The van der Waals surface area contributed by atoms with Gasteiger partial charge in [0.05, 0.1) is 37.0 Å². The van der Waals surface area contributed by atoms with E-state index in [1.807, 2.05) is 6.07 Å². The number of carboxylic acids is 1. The van der Waals surface area contributed by atoms with Crippen molar-refractivity contribution in [2.45, 2.75) is 0 Å². The van der Waals surface area contributed by atoms with Gasteiger partial charge in [0.2, 0.25) is 0 Å². The molecule has 2 aromatic rings. The van der Waals surface area contributed by atoms with Crippen LogP contribution in [0.2, 0.25) is 0 Å². The predicted octanol–water partition coefficient (Wildman–Crippen LogP) is 1.45. The van der Waals surface area contributed by atoms with Gasteiger partial charge in [-0.1, -0.05) is 0 Å². The van der Waals surface area contributed by atoms with Crippen molar-refractivity contribution in [3.8, 4) is 17.5 Å². The van der Waals surface area contributed by atoms with Gasteiger partial charge in [0, 0.05) is 0 Å². The SMILES string of the molecule is COc1ccc(C#N)cc1-n1cncc1C(=O)O. The summed E-state index contributed by atoms with van der Waals surface area (Å²) in [6, 6.07) is 6.75. The first-order valence-electron chi connectivity index (χ1n) is 5.01. The topological polar surface area (TPSA) is 88.1 Å². The molecule has 6 nitrogen and oxygen atoms in total. The van der Waals surface area contributed by atoms with Crippen LogP contribution < -0.4 is 4.74 Å². The van der Waals surface area contributed by atoms with Crippen LogP contribution in [0.3, 0.4) is 0 Å². The summed E-state index contributed by atoms with van der Waals surface area (Å²) in [4.78, 5) is 14.8. The molecule has 0 saturated carbocycles. The average Bonchev–Trinajstić information content (AvgIpc) is 2.87. The maximum atomic E-state index is 11.0. The van der Waals surface area contributed by atoms with Crippen LogP contribution in [0.1, 0.15) is 16.1 Å². The smallest absolute Gasteiger partial charge is 0.354 e. The predicted molar refractivity (Wildman–Crippen MR) is 61.8 cm³/mol. The summed E-state index contributed by atoms with van der Waals surface area (Å²) in [5.74, 6) is -0.633. The number of aromatic carboxylic acids is 1. The first-order valence-corrected chi connectivity index (χ1v) is 5.01. The molecule has 1 aromatic heterocycles. The number of hydrogen-bond donors (Lipinski definition) is 1. The van der Waals surface area contributed by atoms with Gasteiger partial charge in [-0.25, -0.2) is 9.78 Å². The Morgan fingerprint density at radius 2 is 2.33 bits per heavy atom. The van der Waals surface area contributed by atoms with Crippen molar-refractivity contribution in [3.63, 3.8) is 0 Å². The summed E-state index contributed by atoms with van der Waals surface area (Å²) in [5, 5.41) is 17.9. The average molecular weight is 243 g/mol. The van der Waals surface area contributed by atoms with Crippen LogP contribution in [0.5, 0.6) is 5.75 Å². The van der Waals surface area contributed by atoms with Gasteiger partial charge < -0.3 is 9.84 Å². The number of ether oxygens (including phenoxy) is 1. The standard InChI is InChI=1S/C12H9N3O3/c1-18-11-3-2-8(5-13)4-9(11)15-7-14-6-10(15)12(16)17/h2-4,6-7H,1H3,(H,16,17). The largest absolute Gasteiger partial charge is 0.495 e. The number of nitriles is 1. The zero-order valence-corrected chi connectivity index (χ0v) is 9.49. The number of carboxylic acid groups (broad SMARTS) is 1. The Morgan fingerprint density at radius 1 is 1.56 bits per heavy atom. The summed E-state index contributed by atoms with van der Waals surface area (Å²) in [7, 11) is 1.47. The molecule has 0 bridgehead atoms. The molecule has 0 aliphatic heterocycles. The van der Waals surface area contributed by atoms with Crippen molar-refractivity contribution in [2.75, 3.05) is 7.11 Å². The Kier molecular flexibility index (Phi) is 2.98. The maximum Gasteiger partial charge on any atom is 0.354 e. The van der Waals surface area contributed by atoms with E-state index < -0.39 is 5.97 Å². The molecule has 0 aliphatic rings. The Bertz CT molecular complexity index is 640. The Hall–Kier alpha value is -2.81. The number of carbonyl (C=O) groups is 1. The van der Waals surface area contributed by atoms with E-state index in [1.165, 1.54) is 24.2 Å². The fraction of sp³-hybridized carbons (Fsp3) is 0.0833. The second-order valence-electron chi connectivity index (χ2n) is 3.45. The maximum absolute atomic E-state index is 11.0. The lowest BCUT2D eigenvalue weighted by molar-refractivity contribution is 0.0688. The minimum Gasteiger partial charge on any atom is -0.495 e. The Morgan fingerprint density at radius 3 is 2.94 bits per heavy atom. The van der Waals surface area contributed by atoms with E-state index in [2.05, 4.69) is 4.98 Å². The van der Waals surface area contributed by atoms with E-state index in [-0.39, 0.29) is 5.69 Å². The van der Waals surface area contributed by atoms with Gasteiger partial charge >= 0.3 is 5.97 Å². The highest BCUT2D eigenvalue weighted by Gasteiger charge is 2.15. The number of hydrogen-bond acceptors (Lipinski definition) is 4. The number of methoxy groups -OCH3 is 1. The van der Waals surface area contributed by atoms with Crippen molar-refractivity contribution in [1.82, 2.24) is 9.55 Å². The molecular weight excluding hydrogens is 234 g/mol. The van der Waals surface area contributed by atoms with Crippen LogP contribution in [0.4, 0.5) is 0 Å². The van der Waals surface area contributed by atoms with Gasteiger partial charge in [0.1, 0.15) is 5.75 Å². The number of rotatable bonds is 3. The molecule has 0 atom stereocenters. The second-order valence-corrected chi connectivity index (χ2v) is 3.45. The third kappa shape index (κ3) is 1.89. The van der Waals surface area contributed by atoms with Crippen molar-refractivity contribution >= 4 is 5.97 Å². The van der Waals surface area contributed by atoms with Gasteiger partial charge in [0.25, 0.3) is 0 Å². The lowest BCUT2D eigenvalue weighted by atomic mass is 10.2. The Balaban J connectivity index is 2.65. The molecule has 0 spiro atoms. The molecule has 2 rings (SSSR count). The summed E-state index contributed by atoms with van der Waals surface area (Å²) in [6.07, 6.45) is 2.60. The molecule has 0 saturated heterocycles. The summed E-state index contributed by atoms with van der Waals surface area (Å²) in [6.45, 7) is 0. The highest BCUT2D eigenvalue weighted by Crippen LogP contribution is 2.25. The quantitative estimate of drug-likeness (QED) is 0.881. The zero-order chi connectivity index (χ0) is 13.1. The normalized spacial score (nSPS) is 9.78.